The lowest BCUT2D eigenvalue weighted by Crippen LogP contribution is -2.24. The zero-order chi connectivity index (χ0) is 10.9. The van der Waals surface area contributed by atoms with E-state index in [9.17, 15) is 0 Å². The third-order valence-electron chi connectivity index (χ3n) is 2.83. The fourth-order valence-electron chi connectivity index (χ4n) is 1.45. The number of anilines is 1. The number of hydrogen-bond acceptors (Lipinski definition) is 3. The molecule has 1 aromatic heterocycles. The Morgan fingerprint density at radius 3 is 2.87 bits per heavy atom. The molecule has 0 amide bonds. The summed E-state index contributed by atoms with van der Waals surface area (Å²) in [5.41, 5.74) is 5.98. The molecule has 0 radical (unpaired) electrons. The predicted octanol–water partition coefficient (Wildman–Crippen LogP) is 2.65. The Hall–Kier alpha value is -0.320. The molecule has 15 heavy (non-hydrogen) atoms. The maximum absolute atomic E-state index is 6.04. The van der Waals surface area contributed by atoms with E-state index in [-0.39, 0.29) is 5.41 Å². The summed E-state index contributed by atoms with van der Waals surface area (Å²) in [6.07, 6.45) is 4.13. The van der Waals surface area contributed by atoms with Crippen molar-refractivity contribution in [3.8, 4) is 0 Å². The van der Waals surface area contributed by atoms with Gasteiger partial charge >= 0.3 is 0 Å². The number of nitrogens with two attached hydrogens (primary N) is 1. The maximum Gasteiger partial charge on any atom is 0.144 e. The molecule has 0 spiro atoms. The highest BCUT2D eigenvalue weighted by atomic mass is 79.9. The highest BCUT2D eigenvalue weighted by molar-refractivity contribution is 9.10. The van der Waals surface area contributed by atoms with Crippen LogP contribution in [0.2, 0.25) is 5.02 Å². The summed E-state index contributed by atoms with van der Waals surface area (Å²) in [4.78, 5) is 4.21. The molecule has 82 valence electrons. The SMILES string of the molecule is NCC1(CNc2ncc(Br)cc2Cl)CC1. The minimum Gasteiger partial charge on any atom is -0.368 e. The summed E-state index contributed by atoms with van der Waals surface area (Å²) in [6.45, 7) is 1.59. The molecular formula is C10H13BrClN3. The lowest BCUT2D eigenvalue weighted by atomic mass is 10.1. The van der Waals surface area contributed by atoms with Gasteiger partial charge in [-0.2, -0.15) is 0 Å². The van der Waals surface area contributed by atoms with Crippen molar-refractivity contribution in [3.63, 3.8) is 0 Å². The summed E-state index contributed by atoms with van der Waals surface area (Å²) >= 11 is 9.35. The molecule has 1 aromatic rings. The fraction of sp³-hybridized carbons (Fsp3) is 0.500. The van der Waals surface area contributed by atoms with Gasteiger partial charge < -0.3 is 11.1 Å². The Kier molecular flexibility index (Phi) is 3.19. The van der Waals surface area contributed by atoms with E-state index in [2.05, 4.69) is 26.2 Å². The number of hydrogen-bond donors (Lipinski definition) is 2. The molecular weight excluding hydrogens is 277 g/mol. The highest BCUT2D eigenvalue weighted by Gasteiger charge is 2.40. The van der Waals surface area contributed by atoms with Crippen molar-refractivity contribution in [2.24, 2.45) is 11.1 Å². The van der Waals surface area contributed by atoms with Gasteiger partial charge in [-0.05, 0) is 46.8 Å². The van der Waals surface area contributed by atoms with Gasteiger partial charge in [-0.3, -0.25) is 0 Å². The van der Waals surface area contributed by atoms with Crippen molar-refractivity contribution in [2.45, 2.75) is 12.8 Å². The van der Waals surface area contributed by atoms with Gasteiger partial charge in [0.2, 0.25) is 0 Å². The van der Waals surface area contributed by atoms with E-state index in [1.54, 1.807) is 6.20 Å². The summed E-state index contributed by atoms with van der Waals surface area (Å²) in [5, 5.41) is 3.89. The number of pyridine rings is 1. The smallest absolute Gasteiger partial charge is 0.144 e. The van der Waals surface area contributed by atoms with Gasteiger partial charge in [0.05, 0.1) is 5.02 Å². The van der Waals surface area contributed by atoms with Gasteiger partial charge in [0, 0.05) is 17.2 Å². The maximum atomic E-state index is 6.04. The Morgan fingerprint density at radius 2 is 2.33 bits per heavy atom. The van der Waals surface area contributed by atoms with E-state index >= 15 is 0 Å². The predicted molar refractivity (Wildman–Crippen MR) is 66.2 cm³/mol. The van der Waals surface area contributed by atoms with Crippen molar-refractivity contribution < 1.29 is 0 Å². The number of nitrogens with zero attached hydrogens (tertiary/aromatic N) is 1. The van der Waals surface area contributed by atoms with Gasteiger partial charge in [0.1, 0.15) is 5.82 Å². The largest absolute Gasteiger partial charge is 0.368 e. The molecule has 1 heterocycles. The van der Waals surface area contributed by atoms with Gasteiger partial charge in [-0.1, -0.05) is 11.6 Å². The number of aromatic nitrogens is 1. The van der Waals surface area contributed by atoms with Gasteiger partial charge in [-0.25, -0.2) is 4.98 Å². The zero-order valence-electron chi connectivity index (χ0n) is 8.26. The van der Waals surface area contributed by atoms with Gasteiger partial charge in [-0.15, -0.1) is 0 Å². The van der Waals surface area contributed by atoms with Crippen molar-refractivity contribution in [2.75, 3.05) is 18.4 Å². The van der Waals surface area contributed by atoms with E-state index < -0.39 is 0 Å². The molecule has 0 aromatic carbocycles. The van der Waals surface area contributed by atoms with Crippen LogP contribution in [-0.2, 0) is 0 Å². The molecule has 2 rings (SSSR count). The molecule has 1 fully saturated rings. The minimum absolute atomic E-state index is 0.290. The summed E-state index contributed by atoms with van der Waals surface area (Å²) in [7, 11) is 0. The van der Waals surface area contributed by atoms with Crippen molar-refractivity contribution in [1.82, 2.24) is 4.98 Å². The first-order valence-corrected chi connectivity index (χ1v) is 6.07. The molecule has 0 bridgehead atoms. The van der Waals surface area contributed by atoms with Crippen LogP contribution in [0.15, 0.2) is 16.7 Å². The van der Waals surface area contributed by atoms with E-state index in [0.717, 1.165) is 23.4 Å². The molecule has 3 nitrogen and oxygen atoms in total. The standard InChI is InChI=1S/C10H13BrClN3/c11-7-3-8(12)9(14-4-7)15-6-10(5-13)1-2-10/h3-4H,1-2,5-6,13H2,(H,14,15). The molecule has 1 aliphatic rings. The average molecular weight is 291 g/mol. The first kappa shape index (κ1) is 11.2. The van der Waals surface area contributed by atoms with Crippen LogP contribution in [0, 0.1) is 5.41 Å². The van der Waals surface area contributed by atoms with Crippen LogP contribution < -0.4 is 11.1 Å². The molecule has 0 atom stereocenters. The first-order chi connectivity index (χ1) is 7.15. The van der Waals surface area contributed by atoms with Gasteiger partial charge in [0.15, 0.2) is 0 Å². The molecule has 5 heteroatoms. The molecule has 0 aliphatic heterocycles. The minimum atomic E-state index is 0.290. The molecule has 1 aliphatic carbocycles. The number of halogens is 2. The van der Waals surface area contributed by atoms with E-state index in [1.807, 2.05) is 6.07 Å². The van der Waals surface area contributed by atoms with E-state index in [1.165, 1.54) is 12.8 Å². The third-order valence-corrected chi connectivity index (χ3v) is 3.55. The average Bonchev–Trinajstić information content (AvgIpc) is 2.97. The van der Waals surface area contributed by atoms with Gasteiger partial charge in [0.25, 0.3) is 0 Å². The van der Waals surface area contributed by atoms with Crippen LogP contribution in [0.4, 0.5) is 5.82 Å². The summed E-state index contributed by atoms with van der Waals surface area (Å²) in [6, 6.07) is 1.83. The first-order valence-electron chi connectivity index (χ1n) is 4.90. The number of nitrogens with one attached hydrogen (secondary N) is 1. The Balaban J connectivity index is 1.99. The Morgan fingerprint density at radius 1 is 1.60 bits per heavy atom. The molecule has 0 saturated heterocycles. The third kappa shape index (κ3) is 2.62. The van der Waals surface area contributed by atoms with Crippen LogP contribution in [0.3, 0.4) is 0 Å². The van der Waals surface area contributed by atoms with Crippen molar-refractivity contribution in [1.29, 1.82) is 0 Å². The Labute approximate surface area is 103 Å². The van der Waals surface area contributed by atoms with E-state index in [0.29, 0.717) is 5.02 Å². The summed E-state index contributed by atoms with van der Waals surface area (Å²) < 4.78 is 0.887. The second kappa shape index (κ2) is 4.28. The summed E-state index contributed by atoms with van der Waals surface area (Å²) in [5.74, 6) is 0.736. The number of rotatable bonds is 4. The normalized spacial score (nSPS) is 17.5. The highest BCUT2D eigenvalue weighted by Crippen LogP contribution is 2.44. The lowest BCUT2D eigenvalue weighted by Gasteiger charge is -2.14. The topological polar surface area (TPSA) is 50.9 Å². The van der Waals surface area contributed by atoms with Crippen LogP contribution in [0.1, 0.15) is 12.8 Å². The molecule has 0 unspecified atom stereocenters. The van der Waals surface area contributed by atoms with Crippen molar-refractivity contribution in [3.05, 3.63) is 21.8 Å². The second-order valence-corrected chi connectivity index (χ2v) is 5.36. The van der Waals surface area contributed by atoms with E-state index in [4.69, 9.17) is 17.3 Å². The quantitative estimate of drug-likeness (QED) is 0.896. The van der Waals surface area contributed by atoms with Crippen LogP contribution in [0.25, 0.3) is 0 Å². The van der Waals surface area contributed by atoms with Crippen LogP contribution in [0.5, 0.6) is 0 Å². The molecule has 1 saturated carbocycles. The zero-order valence-corrected chi connectivity index (χ0v) is 10.6. The lowest BCUT2D eigenvalue weighted by molar-refractivity contribution is 0.555. The van der Waals surface area contributed by atoms with Crippen molar-refractivity contribution >= 4 is 33.3 Å². The second-order valence-electron chi connectivity index (χ2n) is 4.04. The van der Waals surface area contributed by atoms with Crippen LogP contribution >= 0.6 is 27.5 Å². The van der Waals surface area contributed by atoms with Crippen LogP contribution in [-0.4, -0.2) is 18.1 Å². The monoisotopic (exact) mass is 289 g/mol. The Bertz CT molecular complexity index is 366. The fourth-order valence-corrected chi connectivity index (χ4v) is 2.14. The molecule has 3 N–H and O–H groups in total.